The average Bonchev–Trinajstić information content (AvgIpc) is 3.99. The summed E-state index contributed by atoms with van der Waals surface area (Å²) in [6, 6.07) is 13.0. The van der Waals surface area contributed by atoms with Crippen molar-refractivity contribution in [3.8, 4) is 22.4 Å². The van der Waals surface area contributed by atoms with Crippen LogP contribution in [0.3, 0.4) is 0 Å². The number of hydrazine groups is 1. The number of ether oxygens (including phenoxy) is 1. The second-order valence-corrected chi connectivity index (χ2v) is 28.0. The fraction of sp³-hybridized carbons (Fsp3) is 0.520. The molecule has 14 nitrogen and oxygen atoms in total. The maximum atomic E-state index is 14.7. The maximum absolute atomic E-state index is 14.7. The van der Waals surface area contributed by atoms with Crippen LogP contribution in [0.25, 0.3) is 33.3 Å². The summed E-state index contributed by atoms with van der Waals surface area (Å²) >= 11 is -3.33. The van der Waals surface area contributed by atoms with Gasteiger partial charge in [-0.1, -0.05) is 13.8 Å². The van der Waals surface area contributed by atoms with E-state index in [0.29, 0.717) is 51.9 Å². The Bertz CT molecular complexity index is 2470. The van der Waals surface area contributed by atoms with Gasteiger partial charge in [0.15, 0.2) is 0 Å². The van der Waals surface area contributed by atoms with Crippen LogP contribution in [-0.4, -0.2) is 130 Å². The van der Waals surface area contributed by atoms with Gasteiger partial charge in [-0.3, -0.25) is 4.68 Å². The van der Waals surface area contributed by atoms with Gasteiger partial charge in [-0.25, -0.2) is 0 Å². The second-order valence-electron chi connectivity index (χ2n) is 19.8. The van der Waals surface area contributed by atoms with E-state index in [0.717, 1.165) is 51.1 Å². The Labute approximate surface area is 391 Å². The molecule has 5 heterocycles. The number of hydrogen-bond donors (Lipinski definition) is 2. The molecule has 4 atom stereocenters. The fourth-order valence-corrected chi connectivity index (χ4v) is 19.1. The third kappa shape index (κ3) is 10.3. The number of likely N-dealkylation sites (tertiary alicyclic amines) is 1. The molecule has 2 N–H and O–H groups in total. The number of nitrogens with zero attached hydrogens (tertiary/aromatic N) is 6. The van der Waals surface area contributed by atoms with Crippen molar-refractivity contribution in [3.63, 3.8) is 0 Å². The summed E-state index contributed by atoms with van der Waals surface area (Å²) in [5, 5.41) is 10.5. The Morgan fingerprint density at radius 3 is 2.55 bits per heavy atom. The summed E-state index contributed by atoms with van der Waals surface area (Å²) in [5.74, 6) is -1.69. The predicted octanol–water partition coefficient (Wildman–Crippen LogP) is 5.73. The molecular formula is C50H67InN8O6. The number of esters is 1. The molecule has 0 aliphatic carbocycles. The van der Waals surface area contributed by atoms with E-state index in [-0.39, 0.29) is 46.1 Å². The Morgan fingerprint density at radius 1 is 1.09 bits per heavy atom. The number of aryl methyl sites for hydroxylation is 2. The molecule has 1 unspecified atom stereocenters. The quantitative estimate of drug-likeness (QED) is 0.142. The summed E-state index contributed by atoms with van der Waals surface area (Å²) in [7, 11) is 6.11. The number of fused-ring (bicyclic) bond motifs is 6. The third-order valence-electron chi connectivity index (χ3n) is 13.7. The van der Waals surface area contributed by atoms with Crippen molar-refractivity contribution in [2.24, 2.45) is 24.3 Å². The summed E-state index contributed by atoms with van der Waals surface area (Å²) in [5.41, 5.74) is 11.1. The van der Waals surface area contributed by atoms with Crippen LogP contribution in [0.15, 0.2) is 61.3 Å². The number of amides is 3. The molecule has 15 heteroatoms. The fourth-order valence-electron chi connectivity index (χ4n) is 10.3. The first-order chi connectivity index (χ1) is 30.9. The summed E-state index contributed by atoms with van der Waals surface area (Å²) in [4.78, 5) is 73.5. The van der Waals surface area contributed by atoms with Gasteiger partial charge in [-0.05, 0) is 27.4 Å². The molecule has 4 aromatic rings. The molecule has 7 rings (SSSR count). The molecular weight excluding hydrogens is 923 g/mol. The predicted molar refractivity (Wildman–Crippen MR) is 255 cm³/mol. The number of benzene rings is 2. The molecule has 0 radical (unpaired) electrons. The van der Waals surface area contributed by atoms with E-state index in [1.165, 1.54) is 16.6 Å². The molecule has 3 aliphatic heterocycles. The van der Waals surface area contributed by atoms with Crippen LogP contribution in [-0.2, 0) is 61.7 Å². The Hall–Kier alpha value is -4.73. The van der Waals surface area contributed by atoms with Crippen molar-refractivity contribution < 1.29 is 28.7 Å². The number of carbonyl (C=O) groups is 5. The SMILES string of the molecule is C=CC(=O)N1CC[C@H]([C](=O)[In]([CH3])[C@H](C(=O)NC2Cc3cccc(c3)-c3ccc4c(c3)c(c(-c3cnn(C)c3CN(C)C)n4CC)CC(C)(C)COC(=O)[C@@H]3CCCN(N3)C2=O)C(C)C)C1. The van der Waals surface area contributed by atoms with Gasteiger partial charge in [-0.2, -0.15) is 5.10 Å². The van der Waals surface area contributed by atoms with Crippen molar-refractivity contribution in [1.29, 1.82) is 0 Å². The number of carbonyl (C=O) groups excluding carboxylic acids is 5. The van der Waals surface area contributed by atoms with E-state index in [9.17, 15) is 24.0 Å². The number of hydrogen-bond acceptors (Lipinski definition) is 9. The first-order valence-corrected chi connectivity index (χ1v) is 30.2. The summed E-state index contributed by atoms with van der Waals surface area (Å²) in [6.07, 6.45) is 5.71. The van der Waals surface area contributed by atoms with Gasteiger partial charge >= 0.3 is 290 Å². The molecule has 65 heavy (non-hydrogen) atoms. The zero-order valence-corrected chi connectivity index (χ0v) is 43.1. The zero-order valence-electron chi connectivity index (χ0n) is 39.8. The van der Waals surface area contributed by atoms with Crippen molar-refractivity contribution >= 4 is 59.6 Å². The molecule has 6 bridgehead atoms. The van der Waals surface area contributed by atoms with Gasteiger partial charge in [0.1, 0.15) is 0 Å². The van der Waals surface area contributed by atoms with Crippen LogP contribution in [0.5, 0.6) is 0 Å². The van der Waals surface area contributed by atoms with Crippen molar-refractivity contribution in [2.45, 2.75) is 100 Å². The summed E-state index contributed by atoms with van der Waals surface area (Å²) < 4.78 is 12.1. The normalized spacial score (nSPS) is 20.8. The van der Waals surface area contributed by atoms with Crippen LogP contribution < -0.4 is 10.7 Å². The first kappa shape index (κ1) is 48.2. The molecule has 3 amide bonds. The van der Waals surface area contributed by atoms with E-state index in [4.69, 9.17) is 9.84 Å². The number of cyclic esters (lactones) is 1. The molecule has 3 aliphatic rings. The van der Waals surface area contributed by atoms with E-state index in [1.54, 1.807) is 4.90 Å². The van der Waals surface area contributed by atoms with Crippen molar-refractivity contribution in [2.75, 3.05) is 40.3 Å². The molecule has 346 valence electrons. The van der Waals surface area contributed by atoms with Crippen LogP contribution in [0, 0.1) is 17.3 Å². The average molecular weight is 991 g/mol. The van der Waals surface area contributed by atoms with E-state index in [1.807, 2.05) is 48.6 Å². The number of aromatic nitrogens is 3. The van der Waals surface area contributed by atoms with Gasteiger partial charge in [0.25, 0.3) is 0 Å². The van der Waals surface area contributed by atoms with Crippen molar-refractivity contribution in [3.05, 3.63) is 78.1 Å². The van der Waals surface area contributed by atoms with Gasteiger partial charge in [-0.15, -0.1) is 0 Å². The monoisotopic (exact) mass is 990 g/mol. The molecule has 2 aromatic heterocycles. The minimum absolute atomic E-state index is 0.133. The van der Waals surface area contributed by atoms with Gasteiger partial charge in [0.2, 0.25) is 0 Å². The number of nitrogens with one attached hydrogen (secondary N) is 2. The van der Waals surface area contributed by atoms with E-state index >= 15 is 0 Å². The standard InChI is InChI=1S/C41H54N7O4.C8H10NO2.CH3.In/c1-9-47-35-16-15-29-21-30(35)31(38(47)32-23-42-46(8)36(32)24-45(6)7)22-41(4,5)25-52-40(51)33-14-11-17-48(44-33)39(50)34(43-37(49)18-26(2)3)20-27-12-10-13-28(29)19-27;1-2-8(11)9-4-3-7(5-9)6-10;;/h10,12-13,15-16,18-19,21,23,26,33-34,44H,9,11,14,17,20,22,24-25H2,1-8H3,(H,43,49);2,7H,1,3-5H2;1H3;/t33-,34?;7-;;/m00../s1. The number of rotatable bonds is 11. The van der Waals surface area contributed by atoms with Crippen LogP contribution in [0.4, 0.5) is 0 Å². The van der Waals surface area contributed by atoms with Crippen LogP contribution in [0.2, 0.25) is 8.35 Å². The van der Waals surface area contributed by atoms with Gasteiger partial charge in [0, 0.05) is 25.7 Å². The zero-order chi connectivity index (χ0) is 46.9. The topological polar surface area (TPSA) is 151 Å². The Morgan fingerprint density at radius 2 is 1.85 bits per heavy atom. The molecule has 0 saturated carbocycles. The van der Waals surface area contributed by atoms with E-state index in [2.05, 4.69) is 92.0 Å². The minimum atomic E-state index is -3.33. The Balaban J connectivity index is 1.28. The summed E-state index contributed by atoms with van der Waals surface area (Å²) in [6.45, 7) is 16.8. The second kappa shape index (κ2) is 20.0. The molecule has 2 aromatic carbocycles. The first-order valence-electron chi connectivity index (χ1n) is 23.3. The Kier molecular flexibility index (Phi) is 14.8. The molecule has 2 fully saturated rings. The molecule has 2 saturated heterocycles. The van der Waals surface area contributed by atoms with Gasteiger partial charge < -0.3 is 9.47 Å². The third-order valence-corrected chi connectivity index (χ3v) is 23.7. The van der Waals surface area contributed by atoms with Crippen LogP contribution >= 0.6 is 0 Å². The van der Waals surface area contributed by atoms with Crippen LogP contribution in [0.1, 0.15) is 70.7 Å². The molecule has 0 spiro atoms. The van der Waals surface area contributed by atoms with E-state index < -0.39 is 48.6 Å². The van der Waals surface area contributed by atoms with Gasteiger partial charge in [0.05, 0.1) is 17.6 Å². The van der Waals surface area contributed by atoms with Crippen molar-refractivity contribution in [1.82, 2.24) is 39.9 Å².